The van der Waals surface area contributed by atoms with E-state index in [0.717, 1.165) is 6.42 Å². The van der Waals surface area contributed by atoms with Gasteiger partial charge in [-0.3, -0.25) is 4.99 Å². The van der Waals surface area contributed by atoms with E-state index in [0.29, 0.717) is 6.04 Å². The predicted molar refractivity (Wildman–Crippen MR) is 62.9 cm³/mol. The van der Waals surface area contributed by atoms with Crippen LogP contribution in [0.25, 0.3) is 0 Å². The van der Waals surface area contributed by atoms with Gasteiger partial charge in [-0.2, -0.15) is 11.8 Å². The quantitative estimate of drug-likeness (QED) is 0.595. The van der Waals surface area contributed by atoms with Gasteiger partial charge in [0.2, 0.25) is 0 Å². The Morgan fingerprint density at radius 2 is 2.38 bits per heavy atom. The van der Waals surface area contributed by atoms with Gasteiger partial charge in [-0.05, 0) is 24.7 Å². The molecule has 0 saturated heterocycles. The zero-order chi connectivity index (χ0) is 9.36. The van der Waals surface area contributed by atoms with Crippen LogP contribution in [0.15, 0.2) is 17.1 Å². The van der Waals surface area contributed by atoms with Gasteiger partial charge < -0.3 is 0 Å². The van der Waals surface area contributed by atoms with E-state index in [1.54, 1.807) is 0 Å². The molecule has 74 valence electrons. The Hall–Kier alpha value is -0.240. The van der Waals surface area contributed by atoms with Crippen molar-refractivity contribution < 1.29 is 0 Å². The van der Waals surface area contributed by atoms with E-state index in [-0.39, 0.29) is 0 Å². The lowest BCUT2D eigenvalue weighted by Gasteiger charge is -2.11. The molecule has 0 bridgehead atoms. The van der Waals surface area contributed by atoms with Gasteiger partial charge in [0, 0.05) is 12.0 Å². The van der Waals surface area contributed by atoms with Gasteiger partial charge in [-0.25, -0.2) is 0 Å². The maximum Gasteiger partial charge on any atom is 0.0624 e. The van der Waals surface area contributed by atoms with Crippen molar-refractivity contribution in [2.24, 2.45) is 4.99 Å². The first kappa shape index (κ1) is 10.8. The standard InChI is InChI=1S/C11H19NS/c1-2-3-6-9-13-10-11-7-4-5-8-12-11/h4-5,8,11H,2-3,6-7,9-10H2,1H3. The zero-order valence-corrected chi connectivity index (χ0v) is 9.22. The molecular formula is C11H19NS. The lowest BCUT2D eigenvalue weighted by atomic mass is 10.2. The van der Waals surface area contributed by atoms with Crippen molar-refractivity contribution in [3.8, 4) is 0 Å². The van der Waals surface area contributed by atoms with E-state index in [9.17, 15) is 0 Å². The molecule has 1 unspecified atom stereocenters. The molecule has 13 heavy (non-hydrogen) atoms. The third kappa shape index (κ3) is 5.14. The third-order valence-corrected chi connectivity index (χ3v) is 3.33. The van der Waals surface area contributed by atoms with E-state index in [4.69, 9.17) is 0 Å². The van der Waals surface area contributed by atoms with Gasteiger partial charge in [-0.15, -0.1) is 0 Å². The summed E-state index contributed by atoms with van der Waals surface area (Å²) in [6.45, 7) is 2.25. The molecule has 0 spiro atoms. The van der Waals surface area contributed by atoms with Crippen molar-refractivity contribution in [1.82, 2.24) is 0 Å². The van der Waals surface area contributed by atoms with Crippen LogP contribution in [0.1, 0.15) is 32.6 Å². The Labute approximate surface area is 85.7 Å². The first-order valence-corrected chi connectivity index (χ1v) is 6.35. The molecule has 1 rings (SSSR count). The van der Waals surface area contributed by atoms with Crippen LogP contribution in [0, 0.1) is 0 Å². The topological polar surface area (TPSA) is 12.4 Å². The Balaban J connectivity index is 1.93. The Kier molecular flexibility index (Phi) is 6.00. The number of allylic oxidation sites excluding steroid dienone is 1. The van der Waals surface area contributed by atoms with Crippen LogP contribution in [-0.2, 0) is 0 Å². The molecule has 0 aromatic rings. The van der Waals surface area contributed by atoms with Crippen LogP contribution in [-0.4, -0.2) is 23.8 Å². The minimum atomic E-state index is 0.552. The smallest absolute Gasteiger partial charge is 0.0624 e. The number of hydrogen-bond donors (Lipinski definition) is 0. The molecule has 1 aliphatic rings. The summed E-state index contributed by atoms with van der Waals surface area (Å²) in [7, 11) is 0. The minimum absolute atomic E-state index is 0.552. The summed E-state index contributed by atoms with van der Waals surface area (Å²) in [5.41, 5.74) is 0. The highest BCUT2D eigenvalue weighted by atomic mass is 32.2. The summed E-state index contributed by atoms with van der Waals surface area (Å²) in [6.07, 6.45) is 11.4. The lowest BCUT2D eigenvalue weighted by molar-refractivity contribution is 0.759. The van der Waals surface area contributed by atoms with Gasteiger partial charge >= 0.3 is 0 Å². The van der Waals surface area contributed by atoms with E-state index in [2.05, 4.69) is 29.8 Å². The molecule has 0 saturated carbocycles. The fourth-order valence-electron chi connectivity index (χ4n) is 1.31. The molecule has 0 aromatic heterocycles. The maximum absolute atomic E-state index is 4.41. The Bertz CT molecular complexity index is 175. The molecule has 1 nitrogen and oxygen atoms in total. The molecular weight excluding hydrogens is 178 g/mol. The highest BCUT2D eigenvalue weighted by Gasteiger charge is 2.05. The van der Waals surface area contributed by atoms with Crippen molar-refractivity contribution in [3.05, 3.63) is 12.2 Å². The molecule has 1 heterocycles. The number of thioether (sulfide) groups is 1. The molecule has 0 N–H and O–H groups in total. The van der Waals surface area contributed by atoms with Gasteiger partial charge in [0.15, 0.2) is 0 Å². The second-order valence-corrected chi connectivity index (χ2v) is 4.55. The highest BCUT2D eigenvalue weighted by molar-refractivity contribution is 7.99. The number of unbranched alkanes of at least 4 members (excludes halogenated alkanes) is 2. The van der Waals surface area contributed by atoms with Crippen LogP contribution in [0.5, 0.6) is 0 Å². The molecule has 1 aliphatic heterocycles. The lowest BCUT2D eigenvalue weighted by Crippen LogP contribution is -2.09. The molecule has 0 fully saturated rings. The zero-order valence-electron chi connectivity index (χ0n) is 8.41. The van der Waals surface area contributed by atoms with Gasteiger partial charge in [-0.1, -0.05) is 25.8 Å². The Morgan fingerprint density at radius 1 is 1.46 bits per heavy atom. The van der Waals surface area contributed by atoms with Crippen molar-refractivity contribution in [1.29, 1.82) is 0 Å². The highest BCUT2D eigenvalue weighted by Crippen LogP contribution is 2.13. The van der Waals surface area contributed by atoms with Crippen molar-refractivity contribution in [2.75, 3.05) is 11.5 Å². The average Bonchev–Trinajstić information content (AvgIpc) is 2.19. The fraction of sp³-hybridized carbons (Fsp3) is 0.727. The maximum atomic E-state index is 4.41. The third-order valence-electron chi connectivity index (χ3n) is 2.13. The van der Waals surface area contributed by atoms with Crippen LogP contribution in [0.2, 0.25) is 0 Å². The first-order valence-electron chi connectivity index (χ1n) is 5.19. The second-order valence-electron chi connectivity index (χ2n) is 3.40. The van der Waals surface area contributed by atoms with E-state index >= 15 is 0 Å². The average molecular weight is 197 g/mol. The fourth-order valence-corrected chi connectivity index (χ4v) is 2.38. The van der Waals surface area contributed by atoms with Crippen LogP contribution in [0.3, 0.4) is 0 Å². The summed E-state index contributed by atoms with van der Waals surface area (Å²) in [5, 5.41) is 0. The van der Waals surface area contributed by atoms with Gasteiger partial charge in [0.25, 0.3) is 0 Å². The number of nitrogens with zero attached hydrogens (tertiary/aromatic N) is 1. The monoisotopic (exact) mass is 197 g/mol. The largest absolute Gasteiger partial charge is 0.289 e. The molecule has 0 aromatic carbocycles. The summed E-state index contributed by atoms with van der Waals surface area (Å²) >= 11 is 2.05. The van der Waals surface area contributed by atoms with Crippen molar-refractivity contribution in [3.63, 3.8) is 0 Å². The number of dihydropyridines is 1. The van der Waals surface area contributed by atoms with Crippen LogP contribution in [0.4, 0.5) is 0 Å². The van der Waals surface area contributed by atoms with Crippen molar-refractivity contribution >= 4 is 18.0 Å². The number of rotatable bonds is 6. The second kappa shape index (κ2) is 7.19. The van der Waals surface area contributed by atoms with Crippen LogP contribution < -0.4 is 0 Å². The summed E-state index contributed by atoms with van der Waals surface area (Å²) < 4.78 is 0. The molecule has 1 atom stereocenters. The summed E-state index contributed by atoms with van der Waals surface area (Å²) in [5.74, 6) is 2.51. The van der Waals surface area contributed by atoms with Crippen molar-refractivity contribution in [2.45, 2.75) is 38.6 Å². The first-order chi connectivity index (χ1) is 6.43. The van der Waals surface area contributed by atoms with E-state index < -0.39 is 0 Å². The molecule has 0 amide bonds. The number of aliphatic imine (C=N–C) groups is 1. The molecule has 2 heteroatoms. The van der Waals surface area contributed by atoms with E-state index in [1.807, 2.05) is 12.3 Å². The normalized spacial score (nSPS) is 20.8. The Morgan fingerprint density at radius 3 is 3.08 bits per heavy atom. The summed E-state index contributed by atoms with van der Waals surface area (Å²) in [6, 6.07) is 0.552. The number of hydrogen-bond acceptors (Lipinski definition) is 2. The van der Waals surface area contributed by atoms with Gasteiger partial charge in [0.05, 0.1) is 6.04 Å². The molecule has 0 aliphatic carbocycles. The van der Waals surface area contributed by atoms with E-state index in [1.165, 1.54) is 30.8 Å². The van der Waals surface area contributed by atoms with Gasteiger partial charge in [0.1, 0.15) is 0 Å². The SMILES string of the molecule is CCCCCSCC1CC=CC=N1. The van der Waals surface area contributed by atoms with Crippen LogP contribution >= 0.6 is 11.8 Å². The minimum Gasteiger partial charge on any atom is -0.289 e. The summed E-state index contributed by atoms with van der Waals surface area (Å²) in [4.78, 5) is 4.41. The predicted octanol–water partition coefficient (Wildman–Crippen LogP) is 3.31. The molecule has 0 radical (unpaired) electrons.